The molecule has 0 heteroatoms. The van der Waals surface area contributed by atoms with E-state index in [1.807, 2.05) is 18.2 Å². The lowest BCUT2D eigenvalue weighted by atomic mass is 10.0. The number of benzene rings is 1. The molecule has 0 heterocycles. The minimum absolute atomic E-state index is 0.862. The fraction of sp³-hybridized carbons (Fsp3) is 0.167. The number of allylic oxidation sites excluding steroid dienone is 2. The third kappa shape index (κ3) is 2.09. The third-order valence-electron chi connectivity index (χ3n) is 1.69. The molecule has 0 atom stereocenters. The van der Waals surface area contributed by atoms with Gasteiger partial charge in [-0.25, -0.2) is 0 Å². The van der Waals surface area contributed by atoms with E-state index in [0.29, 0.717) is 0 Å². The van der Waals surface area contributed by atoms with E-state index in [-0.39, 0.29) is 0 Å². The highest BCUT2D eigenvalue weighted by Crippen LogP contribution is 2.09. The number of hydrogen-bond donors (Lipinski definition) is 0. The van der Waals surface area contributed by atoms with Crippen LogP contribution in [0, 0.1) is 12.1 Å². The molecule has 0 aliphatic rings. The first-order valence-corrected chi connectivity index (χ1v) is 4.00. The molecule has 1 rings (SSSR count). The van der Waals surface area contributed by atoms with Crippen molar-refractivity contribution in [2.24, 2.45) is 0 Å². The topological polar surface area (TPSA) is 0 Å². The molecule has 1 aromatic carbocycles. The Balaban J connectivity index is 2.90. The summed E-state index contributed by atoms with van der Waals surface area (Å²) in [5.41, 5.74) is 2.44. The molecule has 0 amide bonds. The molecular weight excluding hydrogens is 144 g/mol. The summed E-state index contributed by atoms with van der Waals surface area (Å²) in [7, 11) is 0. The van der Waals surface area contributed by atoms with Crippen molar-refractivity contribution < 1.29 is 0 Å². The summed E-state index contributed by atoms with van der Waals surface area (Å²) in [6.45, 7) is 7.40. The van der Waals surface area contributed by atoms with Crippen molar-refractivity contribution >= 4 is 0 Å². The van der Waals surface area contributed by atoms with Crippen LogP contribution in [0.4, 0.5) is 0 Å². The fourth-order valence-corrected chi connectivity index (χ4v) is 1.13. The van der Waals surface area contributed by atoms with Gasteiger partial charge in [0, 0.05) is 0 Å². The van der Waals surface area contributed by atoms with E-state index in [1.54, 1.807) is 0 Å². The number of hydrogen-bond acceptors (Lipinski definition) is 0. The quantitative estimate of drug-likeness (QED) is 0.588. The molecule has 0 aliphatic heterocycles. The first-order chi connectivity index (χ1) is 5.88. The van der Waals surface area contributed by atoms with E-state index in [1.165, 1.54) is 11.1 Å². The highest BCUT2D eigenvalue weighted by molar-refractivity contribution is 5.28. The Labute approximate surface area is 74.2 Å². The second-order valence-electron chi connectivity index (χ2n) is 2.59. The maximum Gasteiger partial charge on any atom is -0.00578 e. The molecule has 2 radical (unpaired) electrons. The minimum atomic E-state index is 0.862. The lowest BCUT2D eigenvalue weighted by Crippen LogP contribution is -1.90. The lowest BCUT2D eigenvalue weighted by molar-refractivity contribution is 1.15. The fourth-order valence-electron chi connectivity index (χ4n) is 1.13. The molecule has 1 aromatic rings. The summed E-state index contributed by atoms with van der Waals surface area (Å²) >= 11 is 0. The zero-order valence-electron chi connectivity index (χ0n) is 7.14. The van der Waals surface area contributed by atoms with Gasteiger partial charge in [-0.3, -0.25) is 0 Å². The van der Waals surface area contributed by atoms with Crippen LogP contribution in [-0.2, 0) is 12.8 Å². The minimum Gasteiger partial charge on any atom is -0.103 e. The van der Waals surface area contributed by atoms with Gasteiger partial charge in [0.1, 0.15) is 0 Å². The van der Waals surface area contributed by atoms with Gasteiger partial charge in [0.25, 0.3) is 0 Å². The highest BCUT2D eigenvalue weighted by atomic mass is 14.0. The molecule has 0 bridgehead atoms. The third-order valence-corrected chi connectivity index (χ3v) is 1.69. The molecule has 0 saturated carbocycles. The maximum absolute atomic E-state index is 3.71. The molecule has 0 aromatic heterocycles. The molecule has 0 N–H and O–H groups in total. The van der Waals surface area contributed by atoms with Crippen molar-refractivity contribution in [3.05, 3.63) is 60.7 Å². The Bertz CT molecular complexity index is 242. The lowest BCUT2D eigenvalue weighted by Gasteiger charge is -2.02. The van der Waals surface area contributed by atoms with Crippen molar-refractivity contribution in [1.29, 1.82) is 0 Å². The SMILES string of the molecule is C=CCc1[c][c]ccc1CC=C. The molecule has 0 saturated heterocycles. The summed E-state index contributed by atoms with van der Waals surface area (Å²) in [5, 5.41) is 0. The Morgan fingerprint density at radius 3 is 2.67 bits per heavy atom. The molecule has 12 heavy (non-hydrogen) atoms. The van der Waals surface area contributed by atoms with Crippen molar-refractivity contribution in [2.45, 2.75) is 12.8 Å². The van der Waals surface area contributed by atoms with Gasteiger partial charge in [-0.15, -0.1) is 13.2 Å². The monoisotopic (exact) mass is 156 g/mol. The van der Waals surface area contributed by atoms with Gasteiger partial charge < -0.3 is 0 Å². The smallest absolute Gasteiger partial charge is 0.00578 e. The number of rotatable bonds is 4. The first kappa shape index (κ1) is 8.79. The highest BCUT2D eigenvalue weighted by Gasteiger charge is 1.96. The van der Waals surface area contributed by atoms with Gasteiger partial charge >= 0.3 is 0 Å². The van der Waals surface area contributed by atoms with E-state index < -0.39 is 0 Å². The van der Waals surface area contributed by atoms with Crippen molar-refractivity contribution in [2.75, 3.05) is 0 Å². The summed E-state index contributed by atoms with van der Waals surface area (Å²) < 4.78 is 0. The van der Waals surface area contributed by atoms with Crippen molar-refractivity contribution in [1.82, 2.24) is 0 Å². The van der Waals surface area contributed by atoms with Crippen LogP contribution >= 0.6 is 0 Å². The summed E-state index contributed by atoms with van der Waals surface area (Å²) in [4.78, 5) is 0. The zero-order valence-corrected chi connectivity index (χ0v) is 7.14. The molecule has 0 aliphatic carbocycles. The van der Waals surface area contributed by atoms with E-state index >= 15 is 0 Å². The second-order valence-corrected chi connectivity index (χ2v) is 2.59. The Morgan fingerprint density at radius 1 is 1.25 bits per heavy atom. The molecular formula is C12H12. The molecule has 0 fully saturated rings. The molecule has 0 unspecified atom stereocenters. The zero-order chi connectivity index (χ0) is 8.81. The molecule has 0 nitrogen and oxygen atoms in total. The van der Waals surface area contributed by atoms with Crippen LogP contribution in [0.25, 0.3) is 0 Å². The maximum atomic E-state index is 3.71. The predicted molar refractivity (Wildman–Crippen MR) is 51.9 cm³/mol. The van der Waals surface area contributed by atoms with Crippen molar-refractivity contribution in [3.8, 4) is 0 Å². The summed E-state index contributed by atoms with van der Waals surface area (Å²) in [5.74, 6) is 0. The van der Waals surface area contributed by atoms with Gasteiger partial charge in [0.05, 0.1) is 0 Å². The van der Waals surface area contributed by atoms with Crippen LogP contribution in [0.1, 0.15) is 11.1 Å². The molecule has 60 valence electrons. The predicted octanol–water partition coefficient (Wildman–Crippen LogP) is 2.74. The van der Waals surface area contributed by atoms with E-state index in [0.717, 1.165) is 12.8 Å². The van der Waals surface area contributed by atoms with Crippen LogP contribution < -0.4 is 0 Å². The average Bonchev–Trinajstić information content (AvgIpc) is 2.09. The van der Waals surface area contributed by atoms with E-state index in [9.17, 15) is 0 Å². The summed E-state index contributed by atoms with van der Waals surface area (Å²) in [6, 6.07) is 9.95. The normalized spacial score (nSPS) is 9.33. The van der Waals surface area contributed by atoms with Crippen molar-refractivity contribution in [3.63, 3.8) is 0 Å². The van der Waals surface area contributed by atoms with Crippen LogP contribution in [0.15, 0.2) is 37.4 Å². The Kier molecular flexibility index (Phi) is 3.34. The standard InChI is InChI=1S/C12H12/c1-3-7-11-9-5-6-10-12(11)8-4-2/h3-5,9H,1-2,7-8H2. The van der Waals surface area contributed by atoms with Gasteiger partial charge in [-0.2, -0.15) is 0 Å². The van der Waals surface area contributed by atoms with Gasteiger partial charge in [0.15, 0.2) is 0 Å². The summed E-state index contributed by atoms with van der Waals surface area (Å²) in [6.07, 6.45) is 5.54. The van der Waals surface area contributed by atoms with Crippen LogP contribution in [-0.4, -0.2) is 0 Å². The van der Waals surface area contributed by atoms with Gasteiger partial charge in [-0.05, 0) is 36.1 Å². The van der Waals surface area contributed by atoms with E-state index in [4.69, 9.17) is 0 Å². The second kappa shape index (κ2) is 4.55. The van der Waals surface area contributed by atoms with Crippen LogP contribution in [0.3, 0.4) is 0 Å². The van der Waals surface area contributed by atoms with Gasteiger partial charge in [-0.1, -0.05) is 24.3 Å². The Hall–Kier alpha value is -1.30. The van der Waals surface area contributed by atoms with E-state index in [2.05, 4.69) is 31.4 Å². The largest absolute Gasteiger partial charge is 0.103 e. The molecule has 0 spiro atoms. The Morgan fingerprint density at radius 2 is 2.00 bits per heavy atom. The average molecular weight is 156 g/mol. The van der Waals surface area contributed by atoms with Crippen LogP contribution in [0.2, 0.25) is 0 Å². The first-order valence-electron chi connectivity index (χ1n) is 4.00. The van der Waals surface area contributed by atoms with Gasteiger partial charge in [0.2, 0.25) is 0 Å². The van der Waals surface area contributed by atoms with Crippen LogP contribution in [0.5, 0.6) is 0 Å².